The van der Waals surface area contributed by atoms with Gasteiger partial charge in [0, 0.05) is 24.2 Å². The molecular weight excluding hydrogens is 520 g/mol. The van der Waals surface area contributed by atoms with E-state index < -0.39 is 0 Å². The number of aromatic nitrogens is 2. The van der Waals surface area contributed by atoms with Crippen LogP contribution >= 0.6 is 11.8 Å². The maximum atomic E-state index is 13.9. The third kappa shape index (κ3) is 4.88. The Morgan fingerprint density at radius 1 is 0.975 bits per heavy atom. The van der Waals surface area contributed by atoms with E-state index in [1.54, 1.807) is 23.8 Å². The molecule has 0 saturated carbocycles. The molecule has 6 rings (SSSR count). The summed E-state index contributed by atoms with van der Waals surface area (Å²) in [7, 11) is 1.64. The Morgan fingerprint density at radius 3 is 2.38 bits per heavy atom. The fraction of sp³-hybridized carbons (Fsp3) is 0.281. The van der Waals surface area contributed by atoms with E-state index in [-0.39, 0.29) is 29.4 Å². The van der Waals surface area contributed by atoms with Crippen molar-refractivity contribution in [3.8, 4) is 22.7 Å². The van der Waals surface area contributed by atoms with Gasteiger partial charge in [-0.25, -0.2) is 4.68 Å². The fourth-order valence-electron chi connectivity index (χ4n) is 5.56. The SMILES string of the molecule is COc1ccc(-n2nc(-c3ccccc3)c3c2N(CC(=O)N2CCCC2)C(=O)CS[C@@H]3c2ccccc2C)cc1. The summed E-state index contributed by atoms with van der Waals surface area (Å²) in [5.41, 5.74) is 5.80. The topological polar surface area (TPSA) is 67.7 Å². The summed E-state index contributed by atoms with van der Waals surface area (Å²) in [6, 6.07) is 26.0. The van der Waals surface area contributed by atoms with Gasteiger partial charge in [-0.1, -0.05) is 54.6 Å². The average Bonchev–Trinajstić information content (AvgIpc) is 3.64. The van der Waals surface area contributed by atoms with Crippen LogP contribution in [0.15, 0.2) is 78.9 Å². The van der Waals surface area contributed by atoms with Gasteiger partial charge in [-0.3, -0.25) is 14.5 Å². The molecule has 1 aromatic heterocycles. The molecule has 1 fully saturated rings. The normalized spacial score (nSPS) is 17.1. The van der Waals surface area contributed by atoms with E-state index in [4.69, 9.17) is 9.84 Å². The van der Waals surface area contributed by atoms with E-state index in [9.17, 15) is 9.59 Å². The van der Waals surface area contributed by atoms with Gasteiger partial charge in [-0.15, -0.1) is 11.8 Å². The van der Waals surface area contributed by atoms with Gasteiger partial charge in [-0.2, -0.15) is 5.10 Å². The molecule has 1 atom stereocenters. The lowest BCUT2D eigenvalue weighted by Crippen LogP contribution is -2.43. The lowest BCUT2D eigenvalue weighted by atomic mass is 9.97. The van der Waals surface area contributed by atoms with Crippen molar-refractivity contribution in [3.05, 3.63) is 95.6 Å². The number of thioether (sulfide) groups is 1. The van der Waals surface area contributed by atoms with Crippen LogP contribution in [0.5, 0.6) is 5.75 Å². The third-order valence-electron chi connectivity index (χ3n) is 7.68. The molecule has 8 heteroatoms. The highest BCUT2D eigenvalue weighted by Crippen LogP contribution is 2.49. The summed E-state index contributed by atoms with van der Waals surface area (Å²) in [6.07, 6.45) is 2.00. The predicted molar refractivity (Wildman–Crippen MR) is 159 cm³/mol. The molecule has 0 aliphatic carbocycles. The van der Waals surface area contributed by atoms with Crippen molar-refractivity contribution in [1.29, 1.82) is 0 Å². The van der Waals surface area contributed by atoms with E-state index in [1.165, 1.54) is 0 Å². The number of carbonyl (C=O) groups excluding carboxylic acids is 2. The zero-order chi connectivity index (χ0) is 27.6. The lowest BCUT2D eigenvalue weighted by molar-refractivity contribution is -0.130. The van der Waals surface area contributed by atoms with Crippen molar-refractivity contribution in [2.24, 2.45) is 0 Å². The molecule has 0 bridgehead atoms. The van der Waals surface area contributed by atoms with Gasteiger partial charge in [0.15, 0.2) is 0 Å². The minimum Gasteiger partial charge on any atom is -0.497 e. The summed E-state index contributed by atoms with van der Waals surface area (Å²) < 4.78 is 7.24. The Hall–Kier alpha value is -4.04. The number of ether oxygens (including phenoxy) is 1. The van der Waals surface area contributed by atoms with Crippen LogP contribution < -0.4 is 9.64 Å². The van der Waals surface area contributed by atoms with Crippen LogP contribution in [0.2, 0.25) is 0 Å². The Labute approximate surface area is 238 Å². The van der Waals surface area contributed by atoms with Crippen molar-refractivity contribution in [2.45, 2.75) is 25.0 Å². The number of methoxy groups -OCH3 is 1. The van der Waals surface area contributed by atoms with Gasteiger partial charge in [0.1, 0.15) is 18.1 Å². The monoisotopic (exact) mass is 552 g/mol. The predicted octanol–water partition coefficient (Wildman–Crippen LogP) is 5.65. The van der Waals surface area contributed by atoms with Gasteiger partial charge in [-0.05, 0) is 55.2 Å². The summed E-state index contributed by atoms with van der Waals surface area (Å²) >= 11 is 1.60. The molecule has 2 amide bonds. The summed E-state index contributed by atoms with van der Waals surface area (Å²) in [6.45, 7) is 3.57. The van der Waals surface area contributed by atoms with Gasteiger partial charge in [0.05, 0.1) is 29.5 Å². The Bertz CT molecular complexity index is 1530. The maximum Gasteiger partial charge on any atom is 0.242 e. The molecule has 3 heterocycles. The highest BCUT2D eigenvalue weighted by atomic mass is 32.2. The smallest absolute Gasteiger partial charge is 0.242 e. The molecule has 2 aliphatic heterocycles. The van der Waals surface area contributed by atoms with E-state index in [0.717, 1.165) is 65.3 Å². The van der Waals surface area contributed by atoms with Crippen LogP contribution in [-0.4, -0.2) is 59.0 Å². The van der Waals surface area contributed by atoms with Gasteiger partial charge in [0.25, 0.3) is 0 Å². The van der Waals surface area contributed by atoms with E-state index in [2.05, 4.69) is 19.1 Å². The first-order valence-electron chi connectivity index (χ1n) is 13.6. The third-order valence-corrected chi connectivity index (χ3v) is 8.91. The van der Waals surface area contributed by atoms with Crippen molar-refractivity contribution in [1.82, 2.24) is 14.7 Å². The quantitative estimate of drug-likeness (QED) is 0.309. The molecular formula is C32H32N4O3S. The number of likely N-dealkylation sites (tertiary alicyclic amines) is 1. The molecule has 0 radical (unpaired) electrons. The summed E-state index contributed by atoms with van der Waals surface area (Å²) in [5.74, 6) is 1.53. The largest absolute Gasteiger partial charge is 0.497 e. The highest BCUT2D eigenvalue weighted by molar-refractivity contribution is 8.00. The first-order valence-corrected chi connectivity index (χ1v) is 14.7. The second-order valence-electron chi connectivity index (χ2n) is 10.2. The maximum absolute atomic E-state index is 13.9. The second-order valence-corrected chi connectivity index (χ2v) is 11.3. The average molecular weight is 553 g/mol. The van der Waals surface area contributed by atoms with Crippen LogP contribution in [0.3, 0.4) is 0 Å². The molecule has 1 saturated heterocycles. The standard InChI is InChI=1S/C32H32N4O3S/c1-22-10-6-7-13-26(22)31-29-30(23-11-4-3-5-12-23)33-36(24-14-16-25(39-2)17-15-24)32(29)35(28(38)21-40-31)20-27(37)34-18-8-9-19-34/h3-7,10-17,31H,8-9,18-21H2,1-2H3/t31-/m1/s1. The number of benzene rings is 3. The number of anilines is 1. The molecule has 7 nitrogen and oxygen atoms in total. The lowest BCUT2D eigenvalue weighted by Gasteiger charge is -2.25. The van der Waals surface area contributed by atoms with Crippen LogP contribution in [0.4, 0.5) is 5.82 Å². The second kappa shape index (κ2) is 11.2. The summed E-state index contributed by atoms with van der Waals surface area (Å²) in [5, 5.41) is 5.02. The van der Waals surface area contributed by atoms with Crippen molar-refractivity contribution in [2.75, 3.05) is 37.4 Å². The van der Waals surface area contributed by atoms with E-state index in [1.807, 2.05) is 76.3 Å². The zero-order valence-corrected chi connectivity index (χ0v) is 23.6. The number of nitrogens with zero attached hydrogens (tertiary/aromatic N) is 4. The molecule has 40 heavy (non-hydrogen) atoms. The highest BCUT2D eigenvalue weighted by Gasteiger charge is 2.38. The van der Waals surface area contributed by atoms with Gasteiger partial charge in [0.2, 0.25) is 11.8 Å². The minimum absolute atomic E-state index is 0.0109. The van der Waals surface area contributed by atoms with Gasteiger partial charge >= 0.3 is 0 Å². The fourth-order valence-corrected chi connectivity index (χ4v) is 6.85. The molecule has 2 aliphatic rings. The van der Waals surface area contributed by atoms with Crippen LogP contribution in [-0.2, 0) is 9.59 Å². The van der Waals surface area contributed by atoms with Crippen LogP contribution in [0.25, 0.3) is 16.9 Å². The molecule has 3 aromatic carbocycles. The number of hydrogen-bond donors (Lipinski definition) is 0. The Balaban J connectivity index is 1.60. The van der Waals surface area contributed by atoms with Crippen LogP contribution in [0, 0.1) is 6.92 Å². The summed E-state index contributed by atoms with van der Waals surface area (Å²) in [4.78, 5) is 30.9. The molecule has 0 unspecified atom stereocenters. The number of rotatable bonds is 6. The Kier molecular flexibility index (Phi) is 7.34. The van der Waals surface area contributed by atoms with Crippen molar-refractivity contribution >= 4 is 29.4 Å². The molecule has 0 N–H and O–H groups in total. The Morgan fingerprint density at radius 2 is 1.68 bits per heavy atom. The number of hydrogen-bond acceptors (Lipinski definition) is 5. The number of fused-ring (bicyclic) bond motifs is 1. The first kappa shape index (κ1) is 26.2. The first-order chi connectivity index (χ1) is 19.5. The number of carbonyl (C=O) groups is 2. The van der Waals surface area contributed by atoms with Crippen molar-refractivity contribution in [3.63, 3.8) is 0 Å². The molecule has 204 valence electrons. The number of amides is 2. The zero-order valence-electron chi connectivity index (χ0n) is 22.7. The molecule has 0 spiro atoms. The van der Waals surface area contributed by atoms with Gasteiger partial charge < -0.3 is 9.64 Å². The van der Waals surface area contributed by atoms with Crippen LogP contribution in [0.1, 0.15) is 34.8 Å². The van der Waals surface area contributed by atoms with E-state index >= 15 is 0 Å². The number of aryl methyl sites for hydroxylation is 1. The molecule has 4 aromatic rings. The minimum atomic E-state index is -0.144. The van der Waals surface area contributed by atoms with Crippen molar-refractivity contribution < 1.29 is 14.3 Å². The van der Waals surface area contributed by atoms with E-state index in [0.29, 0.717) is 5.82 Å².